The molecule has 4 nitrogen and oxygen atoms in total. The Kier molecular flexibility index (Phi) is 15.5. The number of rotatable bonds is 18. The molecule has 178 valence electrons. The molecule has 0 saturated heterocycles. The zero-order valence-electron chi connectivity index (χ0n) is 17.9. The van der Waals surface area contributed by atoms with Crippen molar-refractivity contribution in [2.45, 2.75) is 109 Å². The maximum Gasteiger partial charge on any atom is 0.463 e. The van der Waals surface area contributed by atoms with Crippen molar-refractivity contribution in [1.29, 1.82) is 0 Å². The van der Waals surface area contributed by atoms with Gasteiger partial charge in [-0.15, -0.1) is 0 Å². The molecule has 0 heterocycles. The molecule has 30 heavy (non-hydrogen) atoms. The molecular formula is C21H36F5NO3. The second kappa shape index (κ2) is 16.3. The SMILES string of the molecule is CCCCCCCCCCCCCCCOC(=O)CCNC(=O)C(F)(F)C(F)(F)F. The lowest BCUT2D eigenvalue weighted by molar-refractivity contribution is -0.269. The van der Waals surface area contributed by atoms with Crippen molar-refractivity contribution in [1.82, 2.24) is 5.32 Å². The van der Waals surface area contributed by atoms with Gasteiger partial charge in [0.2, 0.25) is 0 Å². The Hall–Kier alpha value is -1.41. The van der Waals surface area contributed by atoms with Crippen LogP contribution in [0.3, 0.4) is 0 Å². The number of carbonyl (C=O) groups is 2. The highest BCUT2D eigenvalue weighted by Gasteiger charge is 2.63. The van der Waals surface area contributed by atoms with Crippen LogP contribution in [0.4, 0.5) is 22.0 Å². The molecule has 0 unspecified atom stereocenters. The van der Waals surface area contributed by atoms with E-state index in [4.69, 9.17) is 4.74 Å². The molecule has 1 amide bonds. The number of amides is 1. The fraction of sp³-hybridized carbons (Fsp3) is 0.905. The molecule has 0 radical (unpaired) electrons. The first-order valence-electron chi connectivity index (χ1n) is 11.0. The molecule has 0 aromatic rings. The Bertz CT molecular complexity index is 470. The summed E-state index contributed by atoms with van der Waals surface area (Å²) in [5.41, 5.74) is 0. The van der Waals surface area contributed by atoms with E-state index in [0.717, 1.165) is 19.3 Å². The van der Waals surface area contributed by atoms with E-state index < -0.39 is 36.9 Å². The van der Waals surface area contributed by atoms with E-state index >= 15 is 0 Å². The van der Waals surface area contributed by atoms with E-state index in [1.807, 2.05) is 0 Å². The first-order chi connectivity index (χ1) is 14.1. The van der Waals surface area contributed by atoms with Crippen LogP contribution in [0.25, 0.3) is 0 Å². The number of carbonyl (C=O) groups excluding carboxylic acids is 2. The molecule has 0 aliphatic carbocycles. The van der Waals surface area contributed by atoms with E-state index in [-0.39, 0.29) is 6.61 Å². The minimum Gasteiger partial charge on any atom is -0.466 e. The van der Waals surface area contributed by atoms with Crippen molar-refractivity contribution in [3.05, 3.63) is 0 Å². The van der Waals surface area contributed by atoms with Crippen LogP contribution < -0.4 is 5.32 Å². The van der Waals surface area contributed by atoms with Crippen LogP contribution in [0, 0.1) is 0 Å². The van der Waals surface area contributed by atoms with Crippen LogP contribution in [0.1, 0.15) is 96.8 Å². The average Bonchev–Trinajstić information content (AvgIpc) is 2.67. The second-order valence-corrected chi connectivity index (χ2v) is 7.54. The molecule has 0 rings (SSSR count). The Morgan fingerprint density at radius 1 is 0.733 bits per heavy atom. The fourth-order valence-electron chi connectivity index (χ4n) is 2.90. The molecule has 0 aromatic heterocycles. The van der Waals surface area contributed by atoms with Gasteiger partial charge in [-0.2, -0.15) is 22.0 Å². The number of ether oxygens (including phenoxy) is 1. The molecule has 0 spiro atoms. The molecule has 1 N–H and O–H groups in total. The van der Waals surface area contributed by atoms with Crippen molar-refractivity contribution in [2.24, 2.45) is 0 Å². The normalized spacial score (nSPS) is 12.1. The fourth-order valence-corrected chi connectivity index (χ4v) is 2.90. The number of unbranched alkanes of at least 4 members (excludes halogenated alkanes) is 12. The number of hydrogen-bond acceptors (Lipinski definition) is 3. The van der Waals surface area contributed by atoms with Crippen LogP contribution in [-0.2, 0) is 14.3 Å². The van der Waals surface area contributed by atoms with Crippen LogP contribution in [0.5, 0.6) is 0 Å². The van der Waals surface area contributed by atoms with Crippen molar-refractivity contribution in [3.63, 3.8) is 0 Å². The summed E-state index contributed by atoms with van der Waals surface area (Å²) in [7, 11) is 0. The van der Waals surface area contributed by atoms with Gasteiger partial charge in [0.05, 0.1) is 13.0 Å². The predicted molar refractivity (Wildman–Crippen MR) is 105 cm³/mol. The van der Waals surface area contributed by atoms with E-state index in [2.05, 4.69) is 6.92 Å². The summed E-state index contributed by atoms with van der Waals surface area (Å²) in [6.07, 6.45) is 8.89. The number of alkyl halides is 5. The lowest BCUT2D eigenvalue weighted by Crippen LogP contribution is -2.50. The van der Waals surface area contributed by atoms with E-state index in [1.54, 1.807) is 0 Å². The Morgan fingerprint density at radius 2 is 1.17 bits per heavy atom. The summed E-state index contributed by atoms with van der Waals surface area (Å²) >= 11 is 0. The minimum atomic E-state index is -5.97. The summed E-state index contributed by atoms with van der Waals surface area (Å²) < 4.78 is 66.2. The van der Waals surface area contributed by atoms with Crippen molar-refractivity contribution in [2.75, 3.05) is 13.2 Å². The first kappa shape index (κ1) is 28.6. The third-order valence-electron chi connectivity index (χ3n) is 4.77. The third-order valence-corrected chi connectivity index (χ3v) is 4.77. The van der Waals surface area contributed by atoms with Gasteiger partial charge in [-0.25, -0.2) is 0 Å². The summed E-state index contributed by atoms with van der Waals surface area (Å²) in [5.74, 6) is -8.70. The molecule has 0 aliphatic rings. The van der Waals surface area contributed by atoms with Gasteiger partial charge in [0.25, 0.3) is 5.91 Å². The van der Waals surface area contributed by atoms with Crippen LogP contribution in [0.15, 0.2) is 0 Å². The van der Waals surface area contributed by atoms with Crippen molar-refractivity contribution in [3.8, 4) is 0 Å². The first-order valence-corrected chi connectivity index (χ1v) is 11.0. The van der Waals surface area contributed by atoms with Gasteiger partial charge in [0.15, 0.2) is 0 Å². The number of esters is 1. The minimum absolute atomic E-state index is 0.170. The number of hydrogen-bond donors (Lipinski definition) is 1. The molecule has 0 atom stereocenters. The lowest BCUT2D eigenvalue weighted by atomic mass is 10.0. The third kappa shape index (κ3) is 13.7. The van der Waals surface area contributed by atoms with Crippen molar-refractivity contribution < 1.29 is 36.3 Å². The van der Waals surface area contributed by atoms with Gasteiger partial charge in [0.1, 0.15) is 0 Å². The summed E-state index contributed by atoms with van der Waals surface area (Å²) in [6, 6.07) is 0. The molecule has 0 saturated carbocycles. The zero-order valence-corrected chi connectivity index (χ0v) is 17.9. The van der Waals surface area contributed by atoms with Gasteiger partial charge in [0, 0.05) is 6.54 Å². The highest BCUT2D eigenvalue weighted by atomic mass is 19.4. The van der Waals surface area contributed by atoms with Gasteiger partial charge < -0.3 is 10.1 Å². The summed E-state index contributed by atoms with van der Waals surface area (Å²) in [4.78, 5) is 22.3. The van der Waals surface area contributed by atoms with E-state index in [9.17, 15) is 31.5 Å². The largest absolute Gasteiger partial charge is 0.466 e. The monoisotopic (exact) mass is 445 g/mol. The maximum atomic E-state index is 12.7. The number of nitrogens with one attached hydrogen (secondary N) is 1. The topological polar surface area (TPSA) is 55.4 Å². The average molecular weight is 446 g/mol. The predicted octanol–water partition coefficient (Wildman–Crippen LogP) is 6.32. The molecule has 0 aliphatic heterocycles. The van der Waals surface area contributed by atoms with E-state index in [0.29, 0.717) is 6.42 Å². The van der Waals surface area contributed by atoms with Gasteiger partial charge in [-0.3, -0.25) is 9.59 Å². The standard InChI is InChI=1S/C21H36F5NO3/c1-2-3-4-5-6-7-8-9-10-11-12-13-14-17-30-18(28)15-16-27-19(29)20(22,23)21(24,25)26/h2-17H2,1H3,(H,27,29). The van der Waals surface area contributed by atoms with Crippen molar-refractivity contribution >= 4 is 11.9 Å². The lowest BCUT2D eigenvalue weighted by Gasteiger charge is -2.18. The molecule has 0 bridgehead atoms. The molecule has 9 heteroatoms. The molecular weight excluding hydrogens is 409 g/mol. The van der Waals surface area contributed by atoms with Crippen LogP contribution in [-0.4, -0.2) is 37.1 Å². The zero-order chi connectivity index (χ0) is 22.9. The molecule has 0 aromatic carbocycles. The summed E-state index contributed by atoms with van der Waals surface area (Å²) in [5, 5.41) is 1.40. The smallest absolute Gasteiger partial charge is 0.463 e. The number of halogens is 5. The Morgan fingerprint density at radius 3 is 1.60 bits per heavy atom. The second-order valence-electron chi connectivity index (χ2n) is 7.54. The highest BCUT2D eigenvalue weighted by molar-refractivity contribution is 5.84. The van der Waals surface area contributed by atoms with Gasteiger partial charge in [-0.1, -0.05) is 84.0 Å². The van der Waals surface area contributed by atoms with Crippen LogP contribution >= 0.6 is 0 Å². The summed E-state index contributed by atoms with van der Waals surface area (Å²) in [6.45, 7) is 1.74. The quantitative estimate of drug-likeness (QED) is 0.152. The van der Waals surface area contributed by atoms with E-state index in [1.165, 1.54) is 63.1 Å². The Balaban J connectivity index is 3.49. The van der Waals surface area contributed by atoms with Crippen LogP contribution in [0.2, 0.25) is 0 Å². The molecule has 0 fully saturated rings. The maximum absolute atomic E-state index is 12.7. The Labute approximate surface area is 176 Å². The van der Waals surface area contributed by atoms with Gasteiger partial charge in [-0.05, 0) is 6.42 Å². The van der Waals surface area contributed by atoms with Gasteiger partial charge >= 0.3 is 18.1 Å². The highest BCUT2D eigenvalue weighted by Crippen LogP contribution is 2.35.